The zero-order valence-corrected chi connectivity index (χ0v) is 21.5. The Morgan fingerprint density at radius 2 is 1.85 bits per heavy atom. The van der Waals surface area contributed by atoms with Gasteiger partial charge in [0.25, 0.3) is 0 Å². The monoisotopic (exact) mass is 528 g/mol. The Morgan fingerprint density at radius 3 is 2.62 bits per heavy atom. The number of morpholine rings is 1. The van der Waals surface area contributed by atoms with Gasteiger partial charge in [0.1, 0.15) is 29.7 Å². The number of fused-ring (bicyclic) bond motifs is 1. The number of hydrogen-bond acceptors (Lipinski definition) is 9. The number of benzene rings is 2. The van der Waals surface area contributed by atoms with Crippen LogP contribution >= 0.6 is 0 Å². The SMILES string of the molecule is Cc1nn(-c2ccccc2)c2ncc(C3(N)N=CNC(N)=C3N3CCOCC3)c(OCc3ccccc3F)c12. The van der Waals surface area contributed by atoms with Crippen molar-refractivity contribution in [3.8, 4) is 11.4 Å². The van der Waals surface area contributed by atoms with E-state index in [0.717, 1.165) is 5.69 Å². The van der Waals surface area contributed by atoms with Gasteiger partial charge < -0.3 is 25.4 Å². The molecule has 39 heavy (non-hydrogen) atoms. The number of ether oxygens (including phenoxy) is 2. The molecule has 6 rings (SSSR count). The minimum absolute atomic E-state index is 0.0289. The predicted molar refractivity (Wildman–Crippen MR) is 145 cm³/mol. The van der Waals surface area contributed by atoms with Crippen LogP contribution in [0.1, 0.15) is 16.8 Å². The van der Waals surface area contributed by atoms with Crippen LogP contribution in [0.5, 0.6) is 5.75 Å². The molecule has 11 heteroatoms. The molecule has 0 saturated carbocycles. The molecular formula is C28H29FN8O2. The van der Waals surface area contributed by atoms with Crippen molar-refractivity contribution in [1.29, 1.82) is 0 Å². The molecule has 0 aliphatic carbocycles. The molecule has 0 spiro atoms. The number of para-hydroxylation sites is 1. The van der Waals surface area contributed by atoms with E-state index in [1.54, 1.807) is 29.1 Å². The van der Waals surface area contributed by atoms with Crippen molar-refractivity contribution >= 4 is 17.4 Å². The highest BCUT2D eigenvalue weighted by Crippen LogP contribution is 2.42. The standard InChI is InChI=1S/C28H29FN8O2/c1-18-23-24(39-16-19-7-5-6-10-22(19)29)21(15-32-27(23)37(35-18)20-8-3-2-4-9-20)28(31)25(26(30)33-17-34-28)36-11-13-38-14-12-36/h2-10,15,17H,11-14,16,30-31H2,1H3,(H,33,34). The minimum Gasteiger partial charge on any atom is -0.487 e. The zero-order valence-electron chi connectivity index (χ0n) is 21.5. The van der Waals surface area contributed by atoms with Crippen LogP contribution in [0.3, 0.4) is 0 Å². The molecule has 2 aliphatic rings. The maximum Gasteiger partial charge on any atom is 0.184 e. The van der Waals surface area contributed by atoms with Crippen LogP contribution in [0, 0.1) is 12.7 Å². The Hall–Kier alpha value is -4.48. The van der Waals surface area contributed by atoms with Crippen LogP contribution in [0.15, 0.2) is 77.3 Å². The van der Waals surface area contributed by atoms with Crippen molar-refractivity contribution in [3.05, 3.63) is 95.0 Å². The summed E-state index contributed by atoms with van der Waals surface area (Å²) in [4.78, 5) is 11.5. The van der Waals surface area contributed by atoms with Crippen LogP contribution in [0.4, 0.5) is 4.39 Å². The second kappa shape index (κ2) is 10.0. The van der Waals surface area contributed by atoms with Crippen LogP contribution in [-0.4, -0.2) is 52.3 Å². The smallest absolute Gasteiger partial charge is 0.184 e. The van der Waals surface area contributed by atoms with Gasteiger partial charge in [-0.2, -0.15) is 5.10 Å². The van der Waals surface area contributed by atoms with E-state index in [4.69, 9.17) is 31.0 Å². The summed E-state index contributed by atoms with van der Waals surface area (Å²) in [7, 11) is 0. The molecule has 2 aliphatic heterocycles. The average molecular weight is 529 g/mol. The molecule has 5 N–H and O–H groups in total. The maximum absolute atomic E-state index is 14.6. The van der Waals surface area contributed by atoms with Crippen LogP contribution in [0.2, 0.25) is 0 Å². The molecular weight excluding hydrogens is 499 g/mol. The summed E-state index contributed by atoms with van der Waals surface area (Å²) in [6, 6.07) is 16.2. The van der Waals surface area contributed by atoms with Gasteiger partial charge in [-0.1, -0.05) is 36.4 Å². The molecule has 2 aromatic carbocycles. The van der Waals surface area contributed by atoms with Gasteiger partial charge in [-0.05, 0) is 25.1 Å². The lowest BCUT2D eigenvalue weighted by atomic mass is 9.94. The molecule has 10 nitrogen and oxygen atoms in total. The van der Waals surface area contributed by atoms with E-state index in [2.05, 4.69) is 15.2 Å². The lowest BCUT2D eigenvalue weighted by molar-refractivity contribution is 0.0454. The number of aromatic nitrogens is 3. The largest absolute Gasteiger partial charge is 0.487 e. The van der Waals surface area contributed by atoms with Crippen LogP contribution < -0.4 is 21.5 Å². The van der Waals surface area contributed by atoms with E-state index in [9.17, 15) is 4.39 Å². The third kappa shape index (κ3) is 4.35. The van der Waals surface area contributed by atoms with Gasteiger partial charge in [0, 0.05) is 24.8 Å². The van der Waals surface area contributed by atoms with Crippen molar-refractivity contribution in [2.75, 3.05) is 26.3 Å². The number of nitrogens with one attached hydrogen (secondary N) is 1. The summed E-state index contributed by atoms with van der Waals surface area (Å²) in [6.45, 7) is 4.11. The first-order valence-electron chi connectivity index (χ1n) is 12.7. The molecule has 2 aromatic heterocycles. The number of aliphatic imine (C=N–C) groups is 1. The van der Waals surface area contributed by atoms with E-state index in [1.807, 2.05) is 37.3 Å². The fourth-order valence-corrected chi connectivity index (χ4v) is 5.09. The molecule has 1 unspecified atom stereocenters. The third-order valence-corrected chi connectivity index (χ3v) is 7.00. The lowest BCUT2D eigenvalue weighted by Gasteiger charge is -2.41. The number of nitrogens with zero attached hydrogens (tertiary/aromatic N) is 5. The Bertz CT molecular complexity index is 1580. The Balaban J connectivity index is 1.55. The van der Waals surface area contributed by atoms with E-state index >= 15 is 0 Å². The lowest BCUT2D eigenvalue weighted by Crippen LogP contribution is -2.52. The first-order chi connectivity index (χ1) is 19.0. The highest BCUT2D eigenvalue weighted by molar-refractivity contribution is 5.88. The summed E-state index contributed by atoms with van der Waals surface area (Å²) in [5.74, 6) is 0.441. The number of hydrogen-bond donors (Lipinski definition) is 3. The summed E-state index contributed by atoms with van der Waals surface area (Å²) < 4.78 is 28.3. The predicted octanol–water partition coefficient (Wildman–Crippen LogP) is 2.65. The van der Waals surface area contributed by atoms with Crippen molar-refractivity contribution < 1.29 is 13.9 Å². The van der Waals surface area contributed by atoms with Gasteiger partial charge in [0.05, 0.1) is 41.9 Å². The summed E-state index contributed by atoms with van der Waals surface area (Å²) in [6.07, 6.45) is 3.13. The van der Waals surface area contributed by atoms with Crippen molar-refractivity contribution in [2.24, 2.45) is 16.5 Å². The first-order valence-corrected chi connectivity index (χ1v) is 12.7. The molecule has 200 valence electrons. The molecule has 4 aromatic rings. The molecule has 1 atom stereocenters. The first kappa shape index (κ1) is 24.8. The van der Waals surface area contributed by atoms with Gasteiger partial charge in [-0.15, -0.1) is 0 Å². The van der Waals surface area contributed by atoms with Crippen molar-refractivity contribution in [2.45, 2.75) is 19.2 Å². The highest BCUT2D eigenvalue weighted by Gasteiger charge is 2.43. The minimum atomic E-state index is -1.43. The zero-order chi connectivity index (χ0) is 27.0. The maximum atomic E-state index is 14.6. The van der Waals surface area contributed by atoms with Gasteiger partial charge in [0.15, 0.2) is 11.3 Å². The fourth-order valence-electron chi connectivity index (χ4n) is 5.09. The van der Waals surface area contributed by atoms with Crippen molar-refractivity contribution in [3.63, 3.8) is 0 Å². The molecule has 0 amide bonds. The van der Waals surface area contributed by atoms with Gasteiger partial charge >= 0.3 is 0 Å². The Morgan fingerprint density at radius 1 is 1.10 bits per heavy atom. The topological polar surface area (TPSA) is 129 Å². The van der Waals surface area contributed by atoms with E-state index < -0.39 is 5.66 Å². The second-order valence-corrected chi connectivity index (χ2v) is 9.44. The molecule has 4 heterocycles. The normalized spacial score (nSPS) is 19.4. The van der Waals surface area contributed by atoms with Gasteiger partial charge in [-0.3, -0.25) is 5.73 Å². The fraction of sp³-hybridized carbons (Fsp3) is 0.250. The van der Waals surface area contributed by atoms with Crippen molar-refractivity contribution in [1.82, 2.24) is 25.0 Å². The van der Waals surface area contributed by atoms with Crippen LogP contribution in [-0.2, 0) is 17.0 Å². The average Bonchev–Trinajstić information content (AvgIpc) is 3.30. The van der Waals surface area contributed by atoms with Gasteiger partial charge in [-0.25, -0.2) is 19.0 Å². The van der Waals surface area contributed by atoms with E-state index in [-0.39, 0.29) is 12.4 Å². The summed E-state index contributed by atoms with van der Waals surface area (Å²) in [5.41, 5.74) is 15.8. The second-order valence-electron chi connectivity index (χ2n) is 9.44. The quantitative estimate of drug-likeness (QED) is 0.348. The Labute approximate surface area is 224 Å². The van der Waals surface area contributed by atoms with E-state index in [1.165, 1.54) is 12.4 Å². The Kier molecular flexibility index (Phi) is 6.37. The number of halogens is 1. The highest BCUT2D eigenvalue weighted by atomic mass is 19.1. The summed E-state index contributed by atoms with van der Waals surface area (Å²) >= 11 is 0. The summed E-state index contributed by atoms with van der Waals surface area (Å²) in [5, 5.41) is 8.42. The molecule has 0 radical (unpaired) electrons. The number of pyridine rings is 1. The molecule has 1 fully saturated rings. The number of nitrogens with two attached hydrogens (primary N) is 2. The molecule has 1 saturated heterocycles. The van der Waals surface area contributed by atoms with E-state index in [0.29, 0.717) is 71.4 Å². The number of rotatable bonds is 6. The van der Waals surface area contributed by atoms with Gasteiger partial charge in [0.2, 0.25) is 0 Å². The molecule has 0 bridgehead atoms. The van der Waals surface area contributed by atoms with Crippen LogP contribution in [0.25, 0.3) is 16.7 Å². The third-order valence-electron chi connectivity index (χ3n) is 7.00. The number of aryl methyl sites for hydroxylation is 1.